The Bertz CT molecular complexity index is 683. The van der Waals surface area contributed by atoms with Crippen molar-refractivity contribution in [3.8, 4) is 5.75 Å². The van der Waals surface area contributed by atoms with Crippen molar-refractivity contribution in [2.45, 2.75) is 25.8 Å². The molecular weight excluding hydrogens is 288 g/mol. The second-order valence-corrected chi connectivity index (χ2v) is 5.75. The van der Waals surface area contributed by atoms with E-state index in [0.29, 0.717) is 6.54 Å². The summed E-state index contributed by atoms with van der Waals surface area (Å²) in [7, 11) is 1.66. The Kier molecular flexibility index (Phi) is 4.81. The Morgan fingerprint density at radius 1 is 1.13 bits per heavy atom. The van der Waals surface area contributed by atoms with Crippen molar-refractivity contribution in [1.82, 2.24) is 5.32 Å². The number of carbonyl (C=O) groups excluding carboxylic acids is 1. The molecule has 0 saturated heterocycles. The van der Waals surface area contributed by atoms with Gasteiger partial charge >= 0.3 is 0 Å². The maximum Gasteiger partial charge on any atom is 0.239 e. The zero-order valence-corrected chi connectivity index (χ0v) is 13.4. The van der Waals surface area contributed by atoms with E-state index in [-0.39, 0.29) is 12.5 Å². The molecule has 2 aromatic rings. The van der Waals surface area contributed by atoms with Gasteiger partial charge in [-0.2, -0.15) is 0 Å². The smallest absolute Gasteiger partial charge is 0.239 e. The summed E-state index contributed by atoms with van der Waals surface area (Å²) in [6.07, 6.45) is 3.31. The average Bonchev–Trinajstić information content (AvgIpc) is 3.07. The summed E-state index contributed by atoms with van der Waals surface area (Å²) < 4.78 is 5.44. The highest BCUT2D eigenvalue weighted by Gasteiger charge is 2.18. The molecule has 1 aliphatic carbocycles. The maximum atomic E-state index is 12.1. The SMILES string of the molecule is COc1ccc2c(c1NCC(=O)NCc1ccccc1)CCC2. The molecule has 4 heteroatoms. The van der Waals surface area contributed by atoms with Gasteiger partial charge in [0.15, 0.2) is 0 Å². The van der Waals surface area contributed by atoms with Crippen LogP contribution in [0.25, 0.3) is 0 Å². The standard InChI is InChI=1S/C19H22N2O2/c1-23-17-11-10-15-8-5-9-16(15)19(17)21-13-18(22)20-12-14-6-3-2-4-7-14/h2-4,6-7,10-11,21H,5,8-9,12-13H2,1H3,(H,20,22). The molecule has 0 radical (unpaired) electrons. The van der Waals surface area contributed by atoms with E-state index in [1.165, 1.54) is 11.1 Å². The number of benzene rings is 2. The Labute approximate surface area is 136 Å². The van der Waals surface area contributed by atoms with Crippen molar-refractivity contribution in [3.05, 3.63) is 59.2 Å². The molecule has 23 heavy (non-hydrogen) atoms. The van der Waals surface area contributed by atoms with E-state index in [1.54, 1.807) is 7.11 Å². The molecule has 0 heterocycles. The highest BCUT2D eigenvalue weighted by Crippen LogP contribution is 2.36. The molecule has 0 saturated carbocycles. The lowest BCUT2D eigenvalue weighted by Gasteiger charge is -2.15. The van der Waals surface area contributed by atoms with Crippen molar-refractivity contribution in [3.63, 3.8) is 0 Å². The lowest BCUT2D eigenvalue weighted by Crippen LogP contribution is -2.29. The van der Waals surface area contributed by atoms with Crippen LogP contribution >= 0.6 is 0 Å². The zero-order chi connectivity index (χ0) is 16.1. The summed E-state index contributed by atoms with van der Waals surface area (Å²) >= 11 is 0. The molecule has 0 aliphatic heterocycles. The number of aryl methyl sites for hydroxylation is 1. The van der Waals surface area contributed by atoms with Crippen molar-refractivity contribution >= 4 is 11.6 Å². The number of anilines is 1. The molecule has 1 aliphatic rings. The molecule has 0 atom stereocenters. The Morgan fingerprint density at radius 3 is 2.74 bits per heavy atom. The van der Waals surface area contributed by atoms with Gasteiger partial charge in [-0.15, -0.1) is 0 Å². The molecule has 0 bridgehead atoms. The Morgan fingerprint density at radius 2 is 1.96 bits per heavy atom. The third kappa shape index (κ3) is 3.65. The first-order valence-corrected chi connectivity index (χ1v) is 8.01. The number of carbonyl (C=O) groups is 1. The van der Waals surface area contributed by atoms with Crippen LogP contribution in [0.5, 0.6) is 5.75 Å². The van der Waals surface area contributed by atoms with Crippen LogP contribution in [0.4, 0.5) is 5.69 Å². The number of nitrogens with one attached hydrogen (secondary N) is 2. The van der Waals surface area contributed by atoms with Gasteiger partial charge in [0.1, 0.15) is 5.75 Å². The van der Waals surface area contributed by atoms with Gasteiger partial charge in [-0.1, -0.05) is 36.4 Å². The van der Waals surface area contributed by atoms with Gasteiger partial charge in [-0.05, 0) is 42.0 Å². The Hall–Kier alpha value is -2.49. The van der Waals surface area contributed by atoms with E-state index < -0.39 is 0 Å². The molecule has 3 rings (SSSR count). The predicted molar refractivity (Wildman–Crippen MR) is 91.8 cm³/mol. The van der Waals surface area contributed by atoms with Crippen LogP contribution in [0.1, 0.15) is 23.1 Å². The number of methoxy groups -OCH3 is 1. The van der Waals surface area contributed by atoms with Crippen LogP contribution in [0.2, 0.25) is 0 Å². The molecule has 4 nitrogen and oxygen atoms in total. The lowest BCUT2D eigenvalue weighted by atomic mass is 10.1. The van der Waals surface area contributed by atoms with Crippen LogP contribution in [0.15, 0.2) is 42.5 Å². The number of hydrogen-bond donors (Lipinski definition) is 2. The molecule has 120 valence electrons. The van der Waals surface area contributed by atoms with Crippen molar-refractivity contribution in [1.29, 1.82) is 0 Å². The summed E-state index contributed by atoms with van der Waals surface area (Å²) in [5.41, 5.74) is 4.72. The average molecular weight is 310 g/mol. The topological polar surface area (TPSA) is 50.4 Å². The zero-order valence-electron chi connectivity index (χ0n) is 13.4. The minimum Gasteiger partial charge on any atom is -0.495 e. The summed E-state index contributed by atoms with van der Waals surface area (Å²) in [6.45, 7) is 0.797. The molecule has 2 N–H and O–H groups in total. The third-order valence-corrected chi connectivity index (χ3v) is 4.22. The molecule has 0 unspecified atom stereocenters. The maximum absolute atomic E-state index is 12.1. The summed E-state index contributed by atoms with van der Waals surface area (Å²) in [5.74, 6) is 0.785. The van der Waals surface area contributed by atoms with Crippen molar-refractivity contribution in [2.24, 2.45) is 0 Å². The van der Waals surface area contributed by atoms with Crippen LogP contribution < -0.4 is 15.4 Å². The fourth-order valence-corrected chi connectivity index (χ4v) is 3.04. The first-order chi connectivity index (χ1) is 11.3. The highest BCUT2D eigenvalue weighted by atomic mass is 16.5. The van der Waals surface area contributed by atoms with E-state index in [4.69, 9.17) is 4.74 Å². The fraction of sp³-hybridized carbons (Fsp3) is 0.316. The monoisotopic (exact) mass is 310 g/mol. The van der Waals surface area contributed by atoms with E-state index in [1.807, 2.05) is 36.4 Å². The summed E-state index contributed by atoms with van der Waals surface area (Å²) in [4.78, 5) is 12.1. The van der Waals surface area contributed by atoms with Gasteiger partial charge in [0, 0.05) is 6.54 Å². The van der Waals surface area contributed by atoms with E-state index in [2.05, 4.69) is 16.7 Å². The predicted octanol–water partition coefficient (Wildman–Crippen LogP) is 2.91. The highest BCUT2D eigenvalue weighted by molar-refractivity contribution is 5.82. The van der Waals surface area contributed by atoms with E-state index in [9.17, 15) is 4.79 Å². The number of amides is 1. The Balaban J connectivity index is 1.60. The van der Waals surface area contributed by atoms with Gasteiger partial charge in [-0.25, -0.2) is 0 Å². The molecule has 2 aromatic carbocycles. The minimum atomic E-state index is -0.0218. The molecule has 1 amide bonds. The molecule has 0 spiro atoms. The number of ether oxygens (including phenoxy) is 1. The first kappa shape index (κ1) is 15.4. The quantitative estimate of drug-likeness (QED) is 0.862. The molecular formula is C19H22N2O2. The van der Waals surface area contributed by atoms with Crippen LogP contribution in [-0.2, 0) is 24.2 Å². The van der Waals surface area contributed by atoms with Crippen LogP contribution in [0, 0.1) is 0 Å². The largest absolute Gasteiger partial charge is 0.495 e. The fourth-order valence-electron chi connectivity index (χ4n) is 3.04. The number of rotatable bonds is 6. The third-order valence-electron chi connectivity index (χ3n) is 4.22. The molecule has 0 fully saturated rings. The number of hydrogen-bond acceptors (Lipinski definition) is 3. The number of fused-ring (bicyclic) bond motifs is 1. The van der Waals surface area contributed by atoms with Gasteiger partial charge in [0.2, 0.25) is 5.91 Å². The second kappa shape index (κ2) is 7.18. The van der Waals surface area contributed by atoms with Crippen molar-refractivity contribution in [2.75, 3.05) is 19.0 Å². The van der Waals surface area contributed by atoms with Gasteiger partial charge in [0.25, 0.3) is 0 Å². The first-order valence-electron chi connectivity index (χ1n) is 8.01. The second-order valence-electron chi connectivity index (χ2n) is 5.75. The molecule has 0 aromatic heterocycles. The van der Waals surface area contributed by atoms with Crippen molar-refractivity contribution < 1.29 is 9.53 Å². The summed E-state index contributed by atoms with van der Waals surface area (Å²) in [6, 6.07) is 14.0. The van der Waals surface area contributed by atoms with Gasteiger partial charge in [-0.3, -0.25) is 4.79 Å². The van der Waals surface area contributed by atoms with Crippen LogP contribution in [-0.4, -0.2) is 19.6 Å². The normalized spacial score (nSPS) is 12.6. The van der Waals surface area contributed by atoms with E-state index in [0.717, 1.165) is 36.3 Å². The van der Waals surface area contributed by atoms with Crippen LogP contribution in [0.3, 0.4) is 0 Å². The lowest BCUT2D eigenvalue weighted by molar-refractivity contribution is -0.119. The van der Waals surface area contributed by atoms with E-state index >= 15 is 0 Å². The van der Waals surface area contributed by atoms with Gasteiger partial charge in [0.05, 0.1) is 19.3 Å². The minimum absolute atomic E-state index is 0.0218. The van der Waals surface area contributed by atoms with Gasteiger partial charge < -0.3 is 15.4 Å². The summed E-state index contributed by atoms with van der Waals surface area (Å²) in [5, 5.41) is 6.20.